The van der Waals surface area contributed by atoms with E-state index in [4.69, 9.17) is 0 Å². The Bertz CT molecular complexity index is 783. The van der Waals surface area contributed by atoms with Crippen LogP contribution in [-0.2, 0) is 5.41 Å². The van der Waals surface area contributed by atoms with Gasteiger partial charge in [-0.1, -0.05) is 25.1 Å². The maximum atomic E-state index is 11.8. The molecule has 5 heterocycles. The number of rotatable bonds is 2. The second-order valence-corrected chi connectivity index (χ2v) is 9.67. The number of hydrogen-bond donors (Lipinski definition) is 2. The fraction of sp³-hybridized carbons (Fsp3) is 0.727. The van der Waals surface area contributed by atoms with Gasteiger partial charge in [-0.2, -0.15) is 0 Å². The fourth-order valence-electron chi connectivity index (χ4n) is 9.03. The third-order valence-electron chi connectivity index (χ3n) is 9.67. The number of aliphatic hydroxyl groups excluding tert-OH is 2. The maximum absolute atomic E-state index is 11.8. The topological polar surface area (TPSA) is 43.7 Å². The zero-order valence-corrected chi connectivity index (χ0v) is 16.0. The van der Waals surface area contributed by atoms with E-state index >= 15 is 0 Å². The summed E-state index contributed by atoms with van der Waals surface area (Å²) in [5.41, 5.74) is 2.55. The van der Waals surface area contributed by atoms with Crippen molar-refractivity contribution in [3.05, 3.63) is 29.8 Å². The van der Waals surface area contributed by atoms with Gasteiger partial charge in [0.25, 0.3) is 0 Å². The van der Waals surface area contributed by atoms with Crippen molar-refractivity contribution >= 4 is 5.69 Å². The van der Waals surface area contributed by atoms with Crippen LogP contribution in [-0.4, -0.2) is 58.7 Å². The Labute approximate surface area is 156 Å². The fourth-order valence-corrected chi connectivity index (χ4v) is 9.03. The van der Waals surface area contributed by atoms with E-state index in [9.17, 15) is 10.2 Å². The lowest BCUT2D eigenvalue weighted by atomic mass is 9.60. The van der Waals surface area contributed by atoms with Crippen molar-refractivity contribution in [3.8, 4) is 0 Å². The molecule has 1 aliphatic carbocycles. The van der Waals surface area contributed by atoms with Gasteiger partial charge in [-0.15, -0.1) is 0 Å². The van der Waals surface area contributed by atoms with Crippen molar-refractivity contribution in [3.63, 3.8) is 0 Å². The first-order chi connectivity index (χ1) is 12.5. The van der Waals surface area contributed by atoms with Gasteiger partial charge < -0.3 is 15.1 Å². The molecule has 7 rings (SSSR count). The summed E-state index contributed by atoms with van der Waals surface area (Å²) < 4.78 is 0.849. The Hall–Kier alpha value is -1.10. The van der Waals surface area contributed by atoms with Crippen molar-refractivity contribution in [1.29, 1.82) is 0 Å². The first-order valence-corrected chi connectivity index (χ1v) is 10.6. The molecule has 1 aromatic carbocycles. The molecule has 140 valence electrons. The number of quaternary nitrogens is 1. The molecular formula is C22H31N2O2+. The van der Waals surface area contributed by atoms with E-state index in [1.54, 1.807) is 0 Å². The zero-order chi connectivity index (χ0) is 18.0. The van der Waals surface area contributed by atoms with Crippen LogP contribution < -0.4 is 4.90 Å². The number of piperidine rings is 4. The van der Waals surface area contributed by atoms with Crippen molar-refractivity contribution < 1.29 is 14.7 Å². The van der Waals surface area contributed by atoms with Crippen molar-refractivity contribution in [2.75, 3.05) is 18.5 Å². The predicted octanol–water partition coefficient (Wildman–Crippen LogP) is 2.09. The molecule has 2 N–H and O–H groups in total. The van der Waals surface area contributed by atoms with Crippen molar-refractivity contribution in [2.24, 2.45) is 17.8 Å². The van der Waals surface area contributed by atoms with Crippen LogP contribution in [0.25, 0.3) is 0 Å². The molecule has 4 heteroatoms. The van der Waals surface area contributed by atoms with E-state index in [1.165, 1.54) is 17.7 Å². The van der Waals surface area contributed by atoms with Gasteiger partial charge in [0, 0.05) is 37.4 Å². The van der Waals surface area contributed by atoms with E-state index < -0.39 is 0 Å². The third-order valence-corrected chi connectivity index (χ3v) is 9.67. The summed E-state index contributed by atoms with van der Waals surface area (Å²) in [7, 11) is 2.22. The number of anilines is 1. The number of likely N-dealkylation sites (N-methyl/N-ethyl adjacent to an activating group) is 2. The van der Waals surface area contributed by atoms with E-state index in [-0.39, 0.29) is 17.7 Å². The highest BCUT2D eigenvalue weighted by atomic mass is 16.3. The molecule has 1 spiro atoms. The Morgan fingerprint density at radius 1 is 1.19 bits per heavy atom. The monoisotopic (exact) mass is 355 g/mol. The Morgan fingerprint density at radius 2 is 1.96 bits per heavy atom. The van der Waals surface area contributed by atoms with Crippen LogP contribution in [0.5, 0.6) is 0 Å². The summed E-state index contributed by atoms with van der Waals surface area (Å²) in [6.45, 7) is 5.48. The highest BCUT2D eigenvalue weighted by molar-refractivity contribution is 5.66. The van der Waals surface area contributed by atoms with Crippen LogP contribution in [0.15, 0.2) is 24.3 Å². The normalized spacial score (nSPS) is 55.3. The van der Waals surface area contributed by atoms with Crippen LogP contribution >= 0.6 is 0 Å². The van der Waals surface area contributed by atoms with Gasteiger partial charge in [-0.05, 0) is 30.9 Å². The Kier molecular flexibility index (Phi) is 2.85. The van der Waals surface area contributed by atoms with E-state index in [0.29, 0.717) is 35.9 Å². The second-order valence-electron chi connectivity index (χ2n) is 9.67. The number of aliphatic hydroxyl groups is 2. The van der Waals surface area contributed by atoms with Crippen LogP contribution in [0.1, 0.15) is 38.7 Å². The van der Waals surface area contributed by atoms with Crippen molar-refractivity contribution in [1.82, 2.24) is 0 Å². The minimum Gasteiger partial charge on any atom is -0.392 e. The summed E-state index contributed by atoms with van der Waals surface area (Å²) in [6, 6.07) is 9.93. The molecule has 0 amide bonds. The lowest BCUT2D eigenvalue weighted by molar-refractivity contribution is -1.04. The molecule has 26 heavy (non-hydrogen) atoms. The summed E-state index contributed by atoms with van der Waals surface area (Å²) in [5.74, 6) is 1.18. The molecule has 0 radical (unpaired) electrons. The number of nitrogens with zero attached hydrogens (tertiary/aromatic N) is 2. The molecule has 4 saturated heterocycles. The van der Waals surface area contributed by atoms with Crippen molar-refractivity contribution in [2.45, 2.75) is 69.0 Å². The van der Waals surface area contributed by atoms with Gasteiger partial charge in [0.2, 0.25) is 0 Å². The molecule has 5 bridgehead atoms. The van der Waals surface area contributed by atoms with Crippen LogP contribution in [0, 0.1) is 17.8 Å². The molecule has 4 nitrogen and oxygen atoms in total. The molecule has 0 aromatic heterocycles. The van der Waals surface area contributed by atoms with Gasteiger partial charge in [0.05, 0.1) is 30.1 Å². The largest absolute Gasteiger partial charge is 0.392 e. The van der Waals surface area contributed by atoms with E-state index in [2.05, 4.69) is 50.1 Å². The summed E-state index contributed by atoms with van der Waals surface area (Å²) in [6.07, 6.45) is 2.71. The predicted molar refractivity (Wildman–Crippen MR) is 101 cm³/mol. The number of benzene rings is 1. The Balaban J connectivity index is 1.63. The molecular weight excluding hydrogens is 324 g/mol. The molecule has 5 fully saturated rings. The lowest BCUT2D eigenvalue weighted by Crippen LogP contribution is -2.82. The van der Waals surface area contributed by atoms with Gasteiger partial charge in [-0.3, -0.25) is 4.48 Å². The maximum Gasteiger partial charge on any atom is 0.194 e. The molecule has 10 atom stereocenters. The second kappa shape index (κ2) is 4.65. The first-order valence-electron chi connectivity index (χ1n) is 10.6. The van der Waals surface area contributed by atoms with E-state index in [1.807, 2.05) is 0 Å². The highest BCUT2D eigenvalue weighted by Crippen LogP contribution is 2.71. The van der Waals surface area contributed by atoms with Crippen LogP contribution in [0.3, 0.4) is 0 Å². The Morgan fingerprint density at radius 3 is 2.69 bits per heavy atom. The van der Waals surface area contributed by atoms with Crippen LogP contribution in [0.4, 0.5) is 5.69 Å². The molecule has 6 aliphatic rings. The molecule has 1 aromatic rings. The average molecular weight is 356 g/mol. The number of fused-ring (bicyclic) bond motifs is 2. The summed E-state index contributed by atoms with van der Waals surface area (Å²) >= 11 is 0. The number of para-hydroxylation sites is 1. The SMILES string of the molecule is CC[C@@H]1[C@H]2C[C@H]3[C@@H]4N(C)c5ccccc5[C@@]45C[C@@H]([C@@H]2[C@@H]5O)[N@@+]3(CC)[C@@H]1O. The minimum absolute atomic E-state index is 0.126. The van der Waals surface area contributed by atoms with E-state index in [0.717, 1.165) is 23.9 Å². The van der Waals surface area contributed by atoms with Gasteiger partial charge in [0.1, 0.15) is 6.04 Å². The summed E-state index contributed by atoms with van der Waals surface area (Å²) in [4.78, 5) is 2.46. The smallest absolute Gasteiger partial charge is 0.194 e. The molecule has 5 aliphatic heterocycles. The zero-order valence-electron chi connectivity index (χ0n) is 16.0. The average Bonchev–Trinajstić information content (AvgIpc) is 3.04. The van der Waals surface area contributed by atoms with Gasteiger partial charge >= 0.3 is 0 Å². The number of hydrogen-bond acceptors (Lipinski definition) is 3. The highest BCUT2D eigenvalue weighted by Gasteiger charge is 2.82. The van der Waals surface area contributed by atoms with Gasteiger partial charge in [-0.25, -0.2) is 0 Å². The standard InChI is InChI=1S/C22H31N2O2/c1-4-12-13-10-16-19-22(14-8-6-7-9-15(14)23(19)3)11-17(18(13)20(22)25)24(16,5-2)21(12)26/h6-9,12-13,16-21,25-26H,4-5,10-11H2,1-3H3/q+1/t12-,13-,16+,17+,18-,19+,20+,21-,22+,24+/m1/s1. The minimum atomic E-state index is -0.272. The quantitative estimate of drug-likeness (QED) is 0.799. The molecule has 1 saturated carbocycles. The lowest BCUT2D eigenvalue weighted by Gasteiger charge is -2.67. The molecule has 0 unspecified atom stereocenters. The first kappa shape index (κ1) is 15.9. The summed E-state index contributed by atoms with van der Waals surface area (Å²) in [5, 5.41) is 23.4. The van der Waals surface area contributed by atoms with Gasteiger partial charge in [0.15, 0.2) is 6.23 Å². The van der Waals surface area contributed by atoms with Crippen LogP contribution in [0.2, 0.25) is 0 Å². The third kappa shape index (κ3) is 1.30.